The lowest BCUT2D eigenvalue weighted by atomic mass is 10.1. The summed E-state index contributed by atoms with van der Waals surface area (Å²) in [4.78, 5) is 15.2. The van der Waals surface area contributed by atoms with E-state index in [0.717, 1.165) is 42.1 Å². The number of likely N-dealkylation sites (tertiary alicyclic amines) is 1. The van der Waals surface area contributed by atoms with Gasteiger partial charge in [0.05, 0.1) is 18.8 Å². The van der Waals surface area contributed by atoms with Gasteiger partial charge in [-0.25, -0.2) is 4.68 Å². The van der Waals surface area contributed by atoms with Crippen LogP contribution in [0.3, 0.4) is 0 Å². The number of anilines is 1. The number of carbonyl (C=O) groups is 1. The van der Waals surface area contributed by atoms with Gasteiger partial charge in [0.15, 0.2) is 0 Å². The Morgan fingerprint density at radius 3 is 2.93 bits per heavy atom. The van der Waals surface area contributed by atoms with Crippen LogP contribution in [0, 0.1) is 0 Å². The van der Waals surface area contributed by atoms with Crippen LogP contribution >= 0.6 is 0 Å². The molecule has 1 saturated heterocycles. The number of aromatic nitrogens is 2. The zero-order valence-electron chi connectivity index (χ0n) is 15.9. The number of benzene rings is 2. The quantitative estimate of drug-likeness (QED) is 0.716. The summed E-state index contributed by atoms with van der Waals surface area (Å²) in [7, 11) is 1.68. The summed E-state index contributed by atoms with van der Waals surface area (Å²) in [6.07, 6.45) is 5.49. The number of para-hydroxylation sites is 1. The fourth-order valence-corrected chi connectivity index (χ4v) is 3.74. The highest BCUT2D eigenvalue weighted by Gasteiger charge is 2.31. The van der Waals surface area contributed by atoms with Gasteiger partial charge in [0.25, 0.3) is 0 Å². The van der Waals surface area contributed by atoms with Gasteiger partial charge in [-0.2, -0.15) is 5.10 Å². The Morgan fingerprint density at radius 1 is 1.21 bits per heavy atom. The number of nitrogens with zero attached hydrogens (tertiary/aromatic N) is 3. The summed E-state index contributed by atoms with van der Waals surface area (Å²) in [6.45, 7) is 1.61. The number of nitrogens with one attached hydrogen (secondary N) is 1. The maximum atomic E-state index is 13.0. The molecule has 1 amide bonds. The minimum absolute atomic E-state index is 0.0324. The number of amides is 1. The van der Waals surface area contributed by atoms with Crippen molar-refractivity contribution in [3.63, 3.8) is 0 Å². The lowest BCUT2D eigenvalue weighted by Gasteiger charge is -2.24. The van der Waals surface area contributed by atoms with Crippen LogP contribution < -0.4 is 10.1 Å². The Balaban J connectivity index is 1.46. The maximum Gasteiger partial charge on any atom is 0.241 e. The molecule has 0 radical (unpaired) electrons. The molecule has 0 aliphatic carbocycles. The van der Waals surface area contributed by atoms with Gasteiger partial charge < -0.3 is 10.1 Å². The van der Waals surface area contributed by atoms with Crippen molar-refractivity contribution >= 4 is 11.6 Å². The lowest BCUT2D eigenvalue weighted by Crippen LogP contribution is -2.39. The monoisotopic (exact) mass is 376 g/mol. The molecule has 28 heavy (non-hydrogen) atoms. The van der Waals surface area contributed by atoms with Crippen molar-refractivity contribution in [1.82, 2.24) is 14.7 Å². The number of carbonyl (C=O) groups excluding carboxylic acids is 1. The minimum atomic E-state index is -0.140. The average molecular weight is 376 g/mol. The van der Waals surface area contributed by atoms with E-state index >= 15 is 0 Å². The minimum Gasteiger partial charge on any atom is -0.496 e. The van der Waals surface area contributed by atoms with Gasteiger partial charge in [0.2, 0.25) is 5.91 Å². The first kappa shape index (κ1) is 18.3. The molecule has 3 aromatic rings. The second-order valence-electron chi connectivity index (χ2n) is 6.93. The number of ether oxygens (including phenoxy) is 1. The van der Waals surface area contributed by atoms with Crippen LogP contribution in [0.5, 0.6) is 5.75 Å². The van der Waals surface area contributed by atoms with Crippen LogP contribution in [0.2, 0.25) is 0 Å². The fraction of sp³-hybridized carbons (Fsp3) is 0.273. The first-order valence-corrected chi connectivity index (χ1v) is 9.51. The smallest absolute Gasteiger partial charge is 0.241 e. The predicted octanol–water partition coefficient (Wildman–Crippen LogP) is 3.48. The molecule has 0 unspecified atom stereocenters. The second kappa shape index (κ2) is 8.27. The van der Waals surface area contributed by atoms with Crippen LogP contribution in [0.4, 0.5) is 5.69 Å². The summed E-state index contributed by atoms with van der Waals surface area (Å²) in [5, 5.41) is 7.32. The molecule has 1 N–H and O–H groups in total. The van der Waals surface area contributed by atoms with Crippen LogP contribution in [0.1, 0.15) is 18.4 Å². The third-order valence-corrected chi connectivity index (χ3v) is 5.11. The lowest BCUT2D eigenvalue weighted by molar-refractivity contribution is -0.120. The number of hydrogen-bond acceptors (Lipinski definition) is 4. The van der Waals surface area contributed by atoms with Crippen LogP contribution in [0.15, 0.2) is 67.0 Å². The molecule has 1 fully saturated rings. The second-order valence-corrected chi connectivity index (χ2v) is 6.93. The summed E-state index contributed by atoms with van der Waals surface area (Å²) in [5.74, 6) is 0.894. The molecule has 6 heteroatoms. The Kier molecular flexibility index (Phi) is 5.39. The zero-order valence-corrected chi connectivity index (χ0v) is 15.9. The van der Waals surface area contributed by atoms with Crippen molar-refractivity contribution in [2.75, 3.05) is 19.0 Å². The Labute approximate surface area is 164 Å². The topological polar surface area (TPSA) is 59.4 Å². The van der Waals surface area contributed by atoms with Gasteiger partial charge in [-0.05, 0) is 49.7 Å². The van der Waals surface area contributed by atoms with Gasteiger partial charge in [0.1, 0.15) is 5.75 Å². The SMILES string of the molecule is COc1ccccc1CN1CCC[C@@H]1C(=O)Nc1cccc(-n2cccn2)c1. The highest BCUT2D eigenvalue weighted by atomic mass is 16.5. The molecule has 2 aromatic carbocycles. The van der Waals surface area contributed by atoms with Crippen molar-refractivity contribution in [3.05, 3.63) is 72.6 Å². The van der Waals surface area contributed by atoms with E-state index in [0.29, 0.717) is 6.54 Å². The van der Waals surface area contributed by atoms with Crippen molar-refractivity contribution in [3.8, 4) is 11.4 Å². The van der Waals surface area contributed by atoms with Gasteiger partial charge in [-0.3, -0.25) is 9.69 Å². The van der Waals surface area contributed by atoms with E-state index in [1.165, 1.54) is 0 Å². The van der Waals surface area contributed by atoms with Gasteiger partial charge in [-0.1, -0.05) is 24.3 Å². The van der Waals surface area contributed by atoms with Crippen LogP contribution in [0.25, 0.3) is 5.69 Å². The molecule has 144 valence electrons. The molecule has 4 rings (SSSR count). The molecular weight excluding hydrogens is 352 g/mol. The van der Waals surface area contributed by atoms with E-state index in [1.807, 2.05) is 54.7 Å². The third kappa shape index (κ3) is 3.92. The van der Waals surface area contributed by atoms with Crippen LogP contribution in [-0.4, -0.2) is 40.3 Å². The summed E-state index contributed by atoms with van der Waals surface area (Å²) in [5.41, 5.74) is 2.80. The molecule has 0 saturated carbocycles. The number of rotatable bonds is 6. The van der Waals surface area contributed by atoms with Gasteiger partial charge in [0, 0.05) is 30.2 Å². The van der Waals surface area contributed by atoms with E-state index in [1.54, 1.807) is 18.0 Å². The van der Waals surface area contributed by atoms with Gasteiger partial charge >= 0.3 is 0 Å². The molecule has 1 aromatic heterocycles. The summed E-state index contributed by atoms with van der Waals surface area (Å²) >= 11 is 0. The first-order chi connectivity index (χ1) is 13.7. The molecule has 0 spiro atoms. The predicted molar refractivity (Wildman–Crippen MR) is 109 cm³/mol. The van der Waals surface area contributed by atoms with E-state index in [4.69, 9.17) is 4.74 Å². The van der Waals surface area contributed by atoms with Crippen LogP contribution in [-0.2, 0) is 11.3 Å². The molecular formula is C22H24N4O2. The largest absolute Gasteiger partial charge is 0.496 e. The normalized spacial score (nSPS) is 16.8. The Morgan fingerprint density at radius 2 is 2.11 bits per heavy atom. The standard InChI is InChI=1S/C22H24N4O2/c1-28-21-11-3-2-7-17(21)16-25-13-5-10-20(25)22(27)24-18-8-4-9-19(15-18)26-14-6-12-23-26/h2-4,6-9,11-12,14-15,20H,5,10,13,16H2,1H3,(H,24,27)/t20-/m1/s1. The maximum absolute atomic E-state index is 13.0. The van der Waals surface area contributed by atoms with Crippen molar-refractivity contribution < 1.29 is 9.53 Å². The van der Waals surface area contributed by atoms with E-state index < -0.39 is 0 Å². The third-order valence-electron chi connectivity index (χ3n) is 5.11. The molecule has 1 aliphatic heterocycles. The molecule has 1 aliphatic rings. The summed E-state index contributed by atoms with van der Waals surface area (Å²) in [6, 6.07) is 17.4. The molecule has 6 nitrogen and oxygen atoms in total. The van der Waals surface area contributed by atoms with Crippen molar-refractivity contribution in [1.29, 1.82) is 0 Å². The highest BCUT2D eigenvalue weighted by Crippen LogP contribution is 2.26. The molecule has 2 heterocycles. The summed E-state index contributed by atoms with van der Waals surface area (Å²) < 4.78 is 7.24. The number of hydrogen-bond donors (Lipinski definition) is 1. The van der Waals surface area contributed by atoms with E-state index in [9.17, 15) is 4.79 Å². The first-order valence-electron chi connectivity index (χ1n) is 9.51. The Hall–Kier alpha value is -3.12. The zero-order chi connectivity index (χ0) is 19.3. The van der Waals surface area contributed by atoms with Crippen molar-refractivity contribution in [2.24, 2.45) is 0 Å². The van der Waals surface area contributed by atoms with Gasteiger partial charge in [-0.15, -0.1) is 0 Å². The van der Waals surface area contributed by atoms with E-state index in [2.05, 4.69) is 21.4 Å². The molecule has 0 bridgehead atoms. The van der Waals surface area contributed by atoms with Crippen molar-refractivity contribution in [2.45, 2.75) is 25.4 Å². The Bertz CT molecular complexity index is 939. The molecule has 1 atom stereocenters. The number of methoxy groups -OCH3 is 1. The highest BCUT2D eigenvalue weighted by molar-refractivity contribution is 5.95. The van der Waals surface area contributed by atoms with E-state index in [-0.39, 0.29) is 11.9 Å². The fourth-order valence-electron chi connectivity index (χ4n) is 3.74. The average Bonchev–Trinajstić information content (AvgIpc) is 3.41.